The highest BCUT2D eigenvalue weighted by Gasteiger charge is 2.11. The lowest BCUT2D eigenvalue weighted by Crippen LogP contribution is -2.26. The number of nitriles is 1. The summed E-state index contributed by atoms with van der Waals surface area (Å²) in [5.74, 6) is -0.361. The molecule has 3 aromatic rings. The van der Waals surface area contributed by atoms with Crippen molar-refractivity contribution in [1.29, 1.82) is 5.26 Å². The van der Waals surface area contributed by atoms with Crippen LogP contribution in [0.15, 0.2) is 60.2 Å². The Morgan fingerprint density at radius 3 is 2.31 bits per heavy atom. The number of rotatable bonds is 6. The van der Waals surface area contributed by atoms with E-state index in [0.29, 0.717) is 19.6 Å². The molecule has 1 N–H and O–H groups in total. The van der Waals surface area contributed by atoms with Crippen molar-refractivity contribution in [3.05, 3.63) is 65.7 Å². The molecule has 0 fully saturated rings. The van der Waals surface area contributed by atoms with Gasteiger partial charge in [-0.05, 0) is 45.7 Å². The van der Waals surface area contributed by atoms with Gasteiger partial charge in [-0.15, -0.1) is 0 Å². The quantitative estimate of drug-likeness (QED) is 0.317. The van der Waals surface area contributed by atoms with Crippen molar-refractivity contribution in [2.24, 2.45) is 0 Å². The first-order valence-electron chi connectivity index (χ1n) is 8.54. The summed E-state index contributed by atoms with van der Waals surface area (Å²) in [6, 6.07) is 20.2. The zero-order chi connectivity index (χ0) is 18.4. The molecule has 130 valence electrons. The van der Waals surface area contributed by atoms with E-state index in [1.807, 2.05) is 54.6 Å². The fourth-order valence-electron chi connectivity index (χ4n) is 3.01. The Hall–Kier alpha value is -3.16. The summed E-state index contributed by atoms with van der Waals surface area (Å²) >= 11 is 0. The lowest BCUT2D eigenvalue weighted by atomic mass is 9.95. The van der Waals surface area contributed by atoms with Gasteiger partial charge in [0.1, 0.15) is 11.6 Å². The maximum Gasteiger partial charge on any atom is 0.261 e. The van der Waals surface area contributed by atoms with Gasteiger partial charge in [0.05, 0.1) is 0 Å². The molecule has 0 aromatic heterocycles. The summed E-state index contributed by atoms with van der Waals surface area (Å²) in [5, 5.41) is 16.5. The molecular formula is C22H20N2O2. The van der Waals surface area contributed by atoms with Crippen molar-refractivity contribution in [2.75, 3.05) is 20.3 Å². The van der Waals surface area contributed by atoms with E-state index in [0.717, 1.165) is 27.1 Å². The van der Waals surface area contributed by atoms with Crippen molar-refractivity contribution in [3.8, 4) is 6.07 Å². The molecule has 0 heterocycles. The van der Waals surface area contributed by atoms with E-state index in [4.69, 9.17) is 4.74 Å². The Bertz CT molecular complexity index is 961. The maximum absolute atomic E-state index is 12.4. The lowest BCUT2D eigenvalue weighted by Gasteiger charge is -2.09. The van der Waals surface area contributed by atoms with E-state index in [1.54, 1.807) is 13.2 Å². The number of nitrogens with zero attached hydrogens (tertiary/aromatic N) is 1. The SMILES string of the molecule is COCCCNC(=O)/C(C#N)=C/c1c2ccccc2cc2ccccc12. The van der Waals surface area contributed by atoms with Crippen molar-refractivity contribution >= 4 is 33.5 Å². The van der Waals surface area contributed by atoms with E-state index >= 15 is 0 Å². The van der Waals surface area contributed by atoms with Gasteiger partial charge in [-0.3, -0.25) is 4.79 Å². The van der Waals surface area contributed by atoms with Crippen LogP contribution in [0, 0.1) is 11.3 Å². The Morgan fingerprint density at radius 2 is 1.73 bits per heavy atom. The number of fused-ring (bicyclic) bond motifs is 2. The van der Waals surface area contributed by atoms with Crippen LogP contribution < -0.4 is 5.32 Å². The average molecular weight is 344 g/mol. The molecule has 3 rings (SSSR count). The molecule has 0 saturated heterocycles. The summed E-state index contributed by atoms with van der Waals surface area (Å²) in [5.41, 5.74) is 0.992. The summed E-state index contributed by atoms with van der Waals surface area (Å²) in [4.78, 5) is 12.4. The molecule has 0 aliphatic rings. The van der Waals surface area contributed by atoms with Gasteiger partial charge in [0.25, 0.3) is 5.91 Å². The van der Waals surface area contributed by atoms with Crippen LogP contribution >= 0.6 is 0 Å². The fraction of sp³-hybridized carbons (Fsp3) is 0.182. The number of hydrogen-bond donors (Lipinski definition) is 1. The maximum atomic E-state index is 12.4. The molecule has 26 heavy (non-hydrogen) atoms. The fourth-order valence-corrected chi connectivity index (χ4v) is 3.01. The molecule has 4 nitrogen and oxygen atoms in total. The third-order valence-electron chi connectivity index (χ3n) is 4.28. The summed E-state index contributed by atoms with van der Waals surface area (Å²) in [6.45, 7) is 1.04. The zero-order valence-corrected chi connectivity index (χ0v) is 14.7. The highest BCUT2D eigenvalue weighted by Crippen LogP contribution is 2.30. The standard InChI is InChI=1S/C22H20N2O2/c1-26-12-6-11-24-22(25)18(15-23)14-21-19-9-4-2-7-16(19)13-17-8-3-5-10-20(17)21/h2-5,7-10,13-14H,6,11-12H2,1H3,(H,24,25)/b18-14+. The topological polar surface area (TPSA) is 62.1 Å². The molecule has 0 aliphatic heterocycles. The molecule has 1 amide bonds. The van der Waals surface area contributed by atoms with Gasteiger partial charge >= 0.3 is 0 Å². The second kappa shape index (κ2) is 8.28. The van der Waals surface area contributed by atoms with Gasteiger partial charge in [0, 0.05) is 20.3 Å². The van der Waals surface area contributed by atoms with Gasteiger partial charge < -0.3 is 10.1 Å². The van der Waals surface area contributed by atoms with Crippen LogP contribution in [0.3, 0.4) is 0 Å². The third-order valence-corrected chi connectivity index (χ3v) is 4.28. The van der Waals surface area contributed by atoms with Crippen LogP contribution in [-0.2, 0) is 9.53 Å². The number of carbonyl (C=O) groups is 1. The van der Waals surface area contributed by atoms with Gasteiger partial charge in [0.2, 0.25) is 0 Å². The third kappa shape index (κ3) is 3.74. The van der Waals surface area contributed by atoms with Crippen LogP contribution in [-0.4, -0.2) is 26.2 Å². The van der Waals surface area contributed by atoms with Gasteiger partial charge in [-0.25, -0.2) is 0 Å². The average Bonchev–Trinajstić information content (AvgIpc) is 2.68. The van der Waals surface area contributed by atoms with E-state index in [2.05, 4.69) is 11.4 Å². The summed E-state index contributed by atoms with van der Waals surface area (Å²) in [6.07, 6.45) is 2.40. The largest absolute Gasteiger partial charge is 0.385 e. The van der Waals surface area contributed by atoms with Crippen molar-refractivity contribution in [3.63, 3.8) is 0 Å². The second-order valence-corrected chi connectivity index (χ2v) is 6.00. The number of benzene rings is 3. The summed E-state index contributed by atoms with van der Waals surface area (Å²) in [7, 11) is 1.62. The van der Waals surface area contributed by atoms with E-state index in [1.165, 1.54) is 0 Å². The monoisotopic (exact) mass is 344 g/mol. The molecule has 0 aliphatic carbocycles. The Kier molecular flexibility index (Phi) is 5.62. The minimum absolute atomic E-state index is 0.101. The first-order chi connectivity index (χ1) is 12.7. The minimum atomic E-state index is -0.361. The Balaban J connectivity index is 2.05. The molecule has 0 spiro atoms. The highest BCUT2D eigenvalue weighted by atomic mass is 16.5. The molecule has 4 heteroatoms. The predicted octanol–water partition coefficient (Wildman–Crippen LogP) is 4.05. The van der Waals surface area contributed by atoms with Gasteiger partial charge in [0.15, 0.2) is 0 Å². The number of hydrogen-bond acceptors (Lipinski definition) is 3. The Labute approximate surface area is 152 Å². The molecule has 3 aromatic carbocycles. The van der Waals surface area contributed by atoms with Crippen molar-refractivity contribution in [2.45, 2.75) is 6.42 Å². The zero-order valence-electron chi connectivity index (χ0n) is 14.7. The van der Waals surface area contributed by atoms with Crippen molar-refractivity contribution in [1.82, 2.24) is 5.32 Å². The first-order valence-corrected chi connectivity index (χ1v) is 8.54. The van der Waals surface area contributed by atoms with Crippen LogP contribution in [0.5, 0.6) is 0 Å². The van der Waals surface area contributed by atoms with E-state index in [-0.39, 0.29) is 11.5 Å². The lowest BCUT2D eigenvalue weighted by molar-refractivity contribution is -0.117. The highest BCUT2D eigenvalue weighted by molar-refractivity contribution is 6.11. The normalized spacial score (nSPS) is 11.5. The number of ether oxygens (including phenoxy) is 1. The van der Waals surface area contributed by atoms with Gasteiger partial charge in [-0.1, -0.05) is 48.5 Å². The number of nitrogens with one attached hydrogen (secondary N) is 1. The molecular weight excluding hydrogens is 324 g/mol. The molecule has 0 atom stereocenters. The predicted molar refractivity (Wildman–Crippen MR) is 105 cm³/mol. The molecule has 0 radical (unpaired) electrons. The van der Waals surface area contributed by atoms with E-state index < -0.39 is 0 Å². The molecule has 0 unspecified atom stereocenters. The van der Waals surface area contributed by atoms with Crippen LogP contribution in [0.1, 0.15) is 12.0 Å². The van der Waals surface area contributed by atoms with Crippen LogP contribution in [0.2, 0.25) is 0 Å². The summed E-state index contributed by atoms with van der Waals surface area (Å²) < 4.78 is 4.97. The Morgan fingerprint density at radius 1 is 1.12 bits per heavy atom. The number of methoxy groups -OCH3 is 1. The van der Waals surface area contributed by atoms with Crippen molar-refractivity contribution < 1.29 is 9.53 Å². The van der Waals surface area contributed by atoms with Gasteiger partial charge in [-0.2, -0.15) is 5.26 Å². The molecule has 0 bridgehead atoms. The number of amides is 1. The van der Waals surface area contributed by atoms with Crippen LogP contribution in [0.25, 0.3) is 27.6 Å². The number of carbonyl (C=O) groups excluding carboxylic acids is 1. The second-order valence-electron chi connectivity index (χ2n) is 6.00. The minimum Gasteiger partial charge on any atom is -0.385 e. The smallest absolute Gasteiger partial charge is 0.261 e. The van der Waals surface area contributed by atoms with E-state index in [9.17, 15) is 10.1 Å². The molecule has 0 saturated carbocycles. The van der Waals surface area contributed by atoms with Crippen LogP contribution in [0.4, 0.5) is 0 Å². The first kappa shape index (κ1) is 17.7.